The molecule has 1 amide bonds. The summed E-state index contributed by atoms with van der Waals surface area (Å²) in [6.45, 7) is 11.4. The van der Waals surface area contributed by atoms with Crippen LogP contribution in [0.1, 0.15) is 94.0 Å². The summed E-state index contributed by atoms with van der Waals surface area (Å²) in [5, 5.41) is 4.34. The third-order valence-corrected chi connectivity index (χ3v) is 7.44. The van der Waals surface area contributed by atoms with Crippen LogP contribution < -0.4 is 11.1 Å². The maximum atomic E-state index is 12.4. The highest BCUT2D eigenvalue weighted by atomic mass is 32.2. The van der Waals surface area contributed by atoms with Gasteiger partial charge in [-0.3, -0.25) is 0 Å². The van der Waals surface area contributed by atoms with Gasteiger partial charge in [-0.05, 0) is 95.2 Å². The van der Waals surface area contributed by atoms with Crippen LogP contribution in [0.15, 0.2) is 29.4 Å². The number of nitrogens with two attached hydrogens (primary N) is 1. The van der Waals surface area contributed by atoms with Crippen LogP contribution in [-0.2, 0) is 4.74 Å². The maximum Gasteiger partial charge on any atom is 0.410 e. The lowest BCUT2D eigenvalue weighted by Crippen LogP contribution is -2.41. The zero-order valence-electron chi connectivity index (χ0n) is 23.1. The first-order chi connectivity index (χ1) is 17.6. The van der Waals surface area contributed by atoms with Crippen LogP contribution in [0.2, 0.25) is 0 Å². The van der Waals surface area contributed by atoms with Gasteiger partial charge in [0.25, 0.3) is 0 Å². The Morgan fingerprint density at radius 3 is 2.46 bits per heavy atom. The zero-order valence-corrected chi connectivity index (χ0v) is 23.9. The number of piperidine rings is 1. The van der Waals surface area contributed by atoms with Crippen LogP contribution >= 0.6 is 11.8 Å². The predicted octanol–water partition coefficient (Wildman–Crippen LogP) is 6.95. The van der Waals surface area contributed by atoms with E-state index < -0.39 is 5.60 Å². The first kappa shape index (κ1) is 27.3. The third-order valence-electron chi connectivity index (χ3n) is 6.89. The summed E-state index contributed by atoms with van der Waals surface area (Å²) in [5.41, 5.74) is 12.4. The van der Waals surface area contributed by atoms with E-state index >= 15 is 0 Å². The van der Waals surface area contributed by atoms with Gasteiger partial charge in [0, 0.05) is 30.4 Å². The molecule has 37 heavy (non-hydrogen) atoms. The summed E-state index contributed by atoms with van der Waals surface area (Å²) in [5.74, 6) is 1.67. The Labute approximate surface area is 225 Å². The molecule has 0 spiro atoms. The molecule has 8 heteroatoms. The topological polar surface area (TPSA) is 93.4 Å². The molecule has 0 atom stereocenters. The molecule has 1 saturated carbocycles. The molecule has 4 rings (SSSR count). The van der Waals surface area contributed by atoms with Crippen molar-refractivity contribution in [3.63, 3.8) is 0 Å². The molecule has 2 heterocycles. The van der Waals surface area contributed by atoms with E-state index in [4.69, 9.17) is 20.4 Å². The molecule has 1 aliphatic heterocycles. The number of likely N-dealkylation sites (tertiary alicyclic amines) is 1. The monoisotopic (exact) mass is 523 g/mol. The lowest BCUT2D eigenvalue weighted by Gasteiger charge is -2.34. The molecular formula is C29H41N5O2S. The first-order valence-electron chi connectivity index (χ1n) is 13.4. The van der Waals surface area contributed by atoms with Gasteiger partial charge < -0.3 is 20.7 Å². The molecule has 2 aromatic rings. The smallest absolute Gasteiger partial charge is 0.410 e. The molecule has 3 N–H and O–H groups in total. The van der Waals surface area contributed by atoms with Crippen molar-refractivity contribution in [1.82, 2.24) is 14.9 Å². The quantitative estimate of drug-likeness (QED) is 0.299. The second-order valence-corrected chi connectivity index (χ2v) is 11.9. The zero-order chi connectivity index (χ0) is 26.7. The lowest BCUT2D eigenvalue weighted by atomic mass is 9.87. The Kier molecular flexibility index (Phi) is 8.36. The van der Waals surface area contributed by atoms with E-state index in [-0.39, 0.29) is 6.09 Å². The van der Waals surface area contributed by atoms with Crippen molar-refractivity contribution < 1.29 is 9.53 Å². The van der Waals surface area contributed by atoms with Crippen LogP contribution in [-0.4, -0.2) is 45.9 Å². The average molecular weight is 524 g/mol. The summed E-state index contributed by atoms with van der Waals surface area (Å²) < 4.78 is 5.55. The number of nitrogens with one attached hydrogen (secondary N) is 1. The van der Waals surface area contributed by atoms with Gasteiger partial charge >= 0.3 is 6.09 Å². The van der Waals surface area contributed by atoms with Crippen molar-refractivity contribution in [2.24, 2.45) is 5.73 Å². The number of aromatic nitrogens is 2. The number of aryl methyl sites for hydroxylation is 1. The van der Waals surface area contributed by atoms with E-state index in [0.29, 0.717) is 24.9 Å². The Morgan fingerprint density at radius 1 is 1.19 bits per heavy atom. The Balaban J connectivity index is 1.52. The molecular weight excluding hydrogens is 482 g/mol. The molecule has 0 radical (unpaired) electrons. The lowest BCUT2D eigenvalue weighted by molar-refractivity contribution is 0.0205. The third kappa shape index (κ3) is 6.78. The fraction of sp³-hybridized carbons (Fsp3) is 0.552. The normalized spacial score (nSPS) is 17.1. The van der Waals surface area contributed by atoms with Crippen LogP contribution in [0.4, 0.5) is 16.3 Å². The molecule has 1 aromatic heterocycles. The van der Waals surface area contributed by atoms with Crippen molar-refractivity contribution in [3.8, 4) is 0 Å². The second kappa shape index (κ2) is 11.3. The SMILES string of the molecule is CC/C=C(\N)c1c(Nc2ccc(C3CCN(C(=O)OC(C)(C)C)CC3)c(C)c2)nc(SC)nc1C1CC1. The van der Waals surface area contributed by atoms with Crippen LogP contribution in [0.5, 0.6) is 0 Å². The van der Waals surface area contributed by atoms with Crippen molar-refractivity contribution in [3.05, 3.63) is 46.7 Å². The largest absolute Gasteiger partial charge is 0.444 e. The van der Waals surface area contributed by atoms with Crippen LogP contribution in [0.25, 0.3) is 5.70 Å². The van der Waals surface area contributed by atoms with E-state index in [0.717, 1.165) is 65.7 Å². The van der Waals surface area contributed by atoms with E-state index in [9.17, 15) is 4.79 Å². The summed E-state index contributed by atoms with van der Waals surface area (Å²) in [6, 6.07) is 6.54. The molecule has 200 valence electrons. The van der Waals surface area contributed by atoms with Gasteiger partial charge in [-0.1, -0.05) is 30.8 Å². The number of allylic oxidation sites excluding steroid dienone is 1. The van der Waals surface area contributed by atoms with Gasteiger partial charge in [-0.2, -0.15) is 0 Å². The second-order valence-electron chi connectivity index (χ2n) is 11.1. The molecule has 2 aliphatic rings. The van der Waals surface area contributed by atoms with Gasteiger partial charge in [-0.25, -0.2) is 14.8 Å². The van der Waals surface area contributed by atoms with E-state index in [1.807, 2.05) is 38.0 Å². The van der Waals surface area contributed by atoms with Crippen molar-refractivity contribution in [2.45, 2.75) is 89.3 Å². The number of carbonyl (C=O) groups is 1. The summed E-state index contributed by atoms with van der Waals surface area (Å²) in [4.78, 5) is 23.9. The standard InChI is InChI=1S/C29H41N5O2S/c1-7-8-23(30)24-25(20-9-10-20)32-27(37-6)33-26(24)31-21-11-12-22(18(2)17-21)19-13-15-34(16-14-19)28(35)36-29(3,4)5/h8,11-12,17,19-20H,7,9-10,13-16,30H2,1-6H3,(H,31,32,33)/b23-8-. The highest BCUT2D eigenvalue weighted by molar-refractivity contribution is 7.98. The Bertz CT molecular complexity index is 1160. The van der Waals surface area contributed by atoms with Crippen molar-refractivity contribution in [2.75, 3.05) is 24.7 Å². The fourth-order valence-corrected chi connectivity index (χ4v) is 5.32. The highest BCUT2D eigenvalue weighted by Crippen LogP contribution is 2.44. The number of thioether (sulfide) groups is 1. The summed E-state index contributed by atoms with van der Waals surface area (Å²) in [6.07, 6.45) is 8.87. The minimum Gasteiger partial charge on any atom is -0.444 e. The first-order valence-corrected chi connectivity index (χ1v) is 14.6. The van der Waals surface area contributed by atoms with Gasteiger partial charge in [0.05, 0.1) is 11.3 Å². The van der Waals surface area contributed by atoms with Crippen LogP contribution in [0.3, 0.4) is 0 Å². The van der Waals surface area contributed by atoms with E-state index in [1.165, 1.54) is 11.1 Å². The predicted molar refractivity (Wildman–Crippen MR) is 152 cm³/mol. The molecule has 1 saturated heterocycles. The number of rotatable bonds is 7. The summed E-state index contributed by atoms with van der Waals surface area (Å²) in [7, 11) is 0. The number of amides is 1. The maximum absolute atomic E-state index is 12.4. The molecule has 2 fully saturated rings. The number of nitrogens with zero attached hydrogens (tertiary/aromatic N) is 3. The molecule has 1 aliphatic carbocycles. The van der Waals surface area contributed by atoms with Gasteiger partial charge in [0.1, 0.15) is 11.4 Å². The van der Waals surface area contributed by atoms with Gasteiger partial charge in [-0.15, -0.1) is 0 Å². The fourth-order valence-electron chi connectivity index (χ4n) is 4.95. The van der Waals surface area contributed by atoms with Gasteiger partial charge in [0.15, 0.2) is 5.16 Å². The number of carbonyl (C=O) groups excluding carboxylic acids is 1. The van der Waals surface area contributed by atoms with Gasteiger partial charge in [0.2, 0.25) is 0 Å². The Morgan fingerprint density at radius 2 is 1.89 bits per heavy atom. The molecule has 0 bridgehead atoms. The number of hydrogen-bond acceptors (Lipinski definition) is 7. The van der Waals surface area contributed by atoms with Crippen molar-refractivity contribution >= 4 is 35.1 Å². The van der Waals surface area contributed by atoms with Crippen LogP contribution in [0, 0.1) is 6.92 Å². The van der Waals surface area contributed by atoms with E-state index in [2.05, 4.69) is 37.4 Å². The molecule has 1 aromatic carbocycles. The van der Waals surface area contributed by atoms with E-state index in [1.54, 1.807) is 11.8 Å². The number of benzene rings is 1. The minimum atomic E-state index is -0.468. The van der Waals surface area contributed by atoms with Crippen molar-refractivity contribution in [1.29, 1.82) is 0 Å². The number of hydrogen-bond donors (Lipinski definition) is 2. The number of anilines is 2. The highest BCUT2D eigenvalue weighted by Gasteiger charge is 2.31. The minimum absolute atomic E-state index is 0.213. The Hall–Kier alpha value is -2.74. The average Bonchev–Trinajstić information content (AvgIpc) is 3.68. The number of ether oxygens (including phenoxy) is 1. The summed E-state index contributed by atoms with van der Waals surface area (Å²) >= 11 is 1.56. The molecule has 0 unspecified atom stereocenters. The molecule has 7 nitrogen and oxygen atoms in total.